The molecule has 1 aliphatic rings. The van der Waals surface area contributed by atoms with Gasteiger partial charge in [0.2, 0.25) is 0 Å². The number of hydrogen-bond donors (Lipinski definition) is 0. The van der Waals surface area contributed by atoms with Crippen molar-refractivity contribution < 1.29 is 22.7 Å². The van der Waals surface area contributed by atoms with E-state index in [1.807, 2.05) is 24.3 Å². The van der Waals surface area contributed by atoms with Crippen LogP contribution >= 0.6 is 0 Å². The third-order valence-electron chi connectivity index (χ3n) is 4.09. The molecule has 128 valence electrons. The molecule has 6 nitrogen and oxygen atoms in total. The molecular formula is C16H23NO5S. The van der Waals surface area contributed by atoms with Gasteiger partial charge in [0.05, 0.1) is 25.2 Å². The van der Waals surface area contributed by atoms with Gasteiger partial charge in [-0.05, 0) is 31.0 Å². The first kappa shape index (κ1) is 17.7. The van der Waals surface area contributed by atoms with Crippen LogP contribution in [0.5, 0.6) is 5.75 Å². The van der Waals surface area contributed by atoms with Crippen LogP contribution in [0.2, 0.25) is 0 Å². The van der Waals surface area contributed by atoms with Gasteiger partial charge in [-0.1, -0.05) is 12.1 Å². The van der Waals surface area contributed by atoms with Crippen molar-refractivity contribution in [1.29, 1.82) is 0 Å². The molecule has 23 heavy (non-hydrogen) atoms. The summed E-state index contributed by atoms with van der Waals surface area (Å²) in [7, 11) is 0.221. The summed E-state index contributed by atoms with van der Waals surface area (Å²) >= 11 is 0. The molecule has 1 fully saturated rings. The average Bonchev–Trinajstić information content (AvgIpc) is 2.91. The van der Waals surface area contributed by atoms with Crippen LogP contribution in [0.3, 0.4) is 0 Å². The second-order valence-electron chi connectivity index (χ2n) is 5.81. The lowest BCUT2D eigenvalue weighted by Gasteiger charge is -2.26. The van der Waals surface area contributed by atoms with Gasteiger partial charge in [0, 0.05) is 13.1 Å². The van der Waals surface area contributed by atoms with Crippen molar-refractivity contribution in [2.45, 2.75) is 32.1 Å². The van der Waals surface area contributed by atoms with Gasteiger partial charge in [0.25, 0.3) is 5.91 Å². The predicted octanol–water partition coefficient (Wildman–Crippen LogP) is 1.25. The van der Waals surface area contributed by atoms with Crippen LogP contribution in [-0.4, -0.2) is 57.0 Å². The van der Waals surface area contributed by atoms with E-state index < -0.39 is 15.9 Å². The summed E-state index contributed by atoms with van der Waals surface area (Å²) in [6, 6.07) is 7.19. The highest BCUT2D eigenvalue weighted by Crippen LogP contribution is 2.18. The Morgan fingerprint density at radius 3 is 2.78 bits per heavy atom. The zero-order valence-corrected chi connectivity index (χ0v) is 14.5. The third-order valence-corrected chi connectivity index (χ3v) is 5.84. The fourth-order valence-corrected chi connectivity index (χ4v) is 4.38. The number of hydrogen-bond acceptors (Lipinski definition) is 5. The monoisotopic (exact) mass is 341 g/mol. The molecule has 2 atom stereocenters. The number of sulfone groups is 1. The van der Waals surface area contributed by atoms with Crippen molar-refractivity contribution in [3.63, 3.8) is 0 Å². The number of benzene rings is 1. The van der Waals surface area contributed by atoms with E-state index in [9.17, 15) is 13.2 Å². The fourth-order valence-electron chi connectivity index (χ4n) is 2.60. The molecule has 1 saturated heterocycles. The van der Waals surface area contributed by atoms with Crippen molar-refractivity contribution in [1.82, 2.24) is 4.90 Å². The number of methoxy groups -OCH3 is 1. The van der Waals surface area contributed by atoms with Crippen LogP contribution in [0.25, 0.3) is 0 Å². The second-order valence-corrected chi connectivity index (χ2v) is 8.04. The van der Waals surface area contributed by atoms with E-state index in [-0.39, 0.29) is 23.5 Å². The lowest BCUT2D eigenvalue weighted by Crippen LogP contribution is -2.43. The normalized spacial score (nSPS) is 20.9. The quantitative estimate of drug-likeness (QED) is 0.778. The molecular weight excluding hydrogens is 318 g/mol. The number of amides is 1. The van der Waals surface area contributed by atoms with Crippen LogP contribution in [0.15, 0.2) is 24.3 Å². The molecule has 1 aliphatic heterocycles. The molecule has 1 aromatic carbocycles. The van der Waals surface area contributed by atoms with E-state index in [1.165, 1.54) is 4.90 Å². The predicted molar refractivity (Wildman–Crippen MR) is 87.1 cm³/mol. The summed E-state index contributed by atoms with van der Waals surface area (Å²) in [5, 5.41) is 0. The first-order valence-corrected chi connectivity index (χ1v) is 9.36. The van der Waals surface area contributed by atoms with E-state index in [0.29, 0.717) is 13.0 Å². The van der Waals surface area contributed by atoms with Gasteiger partial charge in [-0.2, -0.15) is 0 Å². The second kappa shape index (κ2) is 7.31. The maximum absolute atomic E-state index is 12.4. The minimum Gasteiger partial charge on any atom is -0.497 e. The highest BCUT2D eigenvalue weighted by molar-refractivity contribution is 7.91. The molecule has 0 bridgehead atoms. The molecule has 0 radical (unpaired) electrons. The average molecular weight is 341 g/mol. The third kappa shape index (κ3) is 4.68. The highest BCUT2D eigenvalue weighted by atomic mass is 32.2. The van der Waals surface area contributed by atoms with Crippen molar-refractivity contribution in [2.75, 3.05) is 25.7 Å². The van der Waals surface area contributed by atoms with Crippen LogP contribution in [-0.2, 0) is 26.0 Å². The summed E-state index contributed by atoms with van der Waals surface area (Å²) in [5.74, 6) is 0.722. The molecule has 7 heteroatoms. The number of carbonyl (C=O) groups is 1. The largest absolute Gasteiger partial charge is 0.497 e. The first-order valence-electron chi connectivity index (χ1n) is 7.54. The van der Waals surface area contributed by atoms with Gasteiger partial charge < -0.3 is 14.4 Å². The molecule has 0 spiro atoms. The van der Waals surface area contributed by atoms with Gasteiger partial charge in [-0.15, -0.1) is 0 Å². The minimum absolute atomic E-state index is 0.0395. The SMILES string of the molecule is COc1cccc(COC(C)C(=O)N(C)C2CCS(=O)(=O)C2)c1. The van der Waals surface area contributed by atoms with Crippen LogP contribution in [0, 0.1) is 0 Å². The number of likely N-dealkylation sites (N-methyl/N-ethyl adjacent to an activating group) is 1. The van der Waals surface area contributed by atoms with E-state index in [0.717, 1.165) is 11.3 Å². The number of carbonyl (C=O) groups excluding carboxylic acids is 1. The van der Waals surface area contributed by atoms with Gasteiger partial charge in [-0.25, -0.2) is 8.42 Å². The van der Waals surface area contributed by atoms with Gasteiger partial charge in [0.1, 0.15) is 11.9 Å². The van der Waals surface area contributed by atoms with Crippen molar-refractivity contribution >= 4 is 15.7 Å². The minimum atomic E-state index is -3.01. The Morgan fingerprint density at radius 1 is 1.43 bits per heavy atom. The smallest absolute Gasteiger partial charge is 0.251 e. The molecule has 1 aromatic rings. The van der Waals surface area contributed by atoms with E-state index in [1.54, 1.807) is 21.1 Å². The Balaban J connectivity index is 1.89. The summed E-state index contributed by atoms with van der Waals surface area (Å²) in [6.45, 7) is 1.98. The lowest BCUT2D eigenvalue weighted by molar-refractivity contribution is -0.143. The molecule has 2 rings (SSSR count). The lowest BCUT2D eigenvalue weighted by atomic mass is 10.2. The number of nitrogens with zero attached hydrogens (tertiary/aromatic N) is 1. The molecule has 0 N–H and O–H groups in total. The molecule has 0 aliphatic carbocycles. The fraction of sp³-hybridized carbons (Fsp3) is 0.562. The Morgan fingerprint density at radius 2 is 2.17 bits per heavy atom. The summed E-state index contributed by atoms with van der Waals surface area (Å²) in [6.07, 6.45) is -0.137. The Bertz CT molecular complexity index is 658. The topological polar surface area (TPSA) is 72.9 Å². The molecule has 1 amide bonds. The van der Waals surface area contributed by atoms with Crippen molar-refractivity contribution in [2.24, 2.45) is 0 Å². The first-order chi connectivity index (χ1) is 10.8. The summed E-state index contributed by atoms with van der Waals surface area (Å²) in [4.78, 5) is 13.9. The zero-order valence-electron chi connectivity index (χ0n) is 13.7. The standard InChI is InChI=1S/C16H23NO5S/c1-12(22-10-13-5-4-6-15(9-13)21-3)16(18)17(2)14-7-8-23(19,20)11-14/h4-6,9,12,14H,7-8,10-11H2,1-3H3. The zero-order chi connectivity index (χ0) is 17.0. The molecule has 2 unspecified atom stereocenters. The summed E-state index contributed by atoms with van der Waals surface area (Å²) < 4.78 is 33.8. The number of rotatable bonds is 6. The Labute approximate surface area is 137 Å². The summed E-state index contributed by atoms with van der Waals surface area (Å²) in [5.41, 5.74) is 0.912. The van der Waals surface area contributed by atoms with E-state index in [2.05, 4.69) is 0 Å². The van der Waals surface area contributed by atoms with Gasteiger partial charge in [-0.3, -0.25) is 4.79 Å². The molecule has 0 saturated carbocycles. The van der Waals surface area contributed by atoms with Crippen molar-refractivity contribution in [3.8, 4) is 5.75 Å². The number of ether oxygens (including phenoxy) is 2. The molecule has 0 aromatic heterocycles. The van der Waals surface area contributed by atoms with Crippen LogP contribution < -0.4 is 4.74 Å². The van der Waals surface area contributed by atoms with E-state index >= 15 is 0 Å². The Hall–Kier alpha value is -1.60. The maximum atomic E-state index is 12.4. The van der Waals surface area contributed by atoms with Crippen LogP contribution in [0.4, 0.5) is 0 Å². The maximum Gasteiger partial charge on any atom is 0.251 e. The molecule has 1 heterocycles. The highest BCUT2D eigenvalue weighted by Gasteiger charge is 2.34. The van der Waals surface area contributed by atoms with Crippen molar-refractivity contribution in [3.05, 3.63) is 29.8 Å². The van der Waals surface area contributed by atoms with Gasteiger partial charge >= 0.3 is 0 Å². The van der Waals surface area contributed by atoms with E-state index in [4.69, 9.17) is 9.47 Å². The Kier molecular flexibility index (Phi) is 5.64. The van der Waals surface area contributed by atoms with Crippen LogP contribution in [0.1, 0.15) is 18.9 Å². The van der Waals surface area contributed by atoms with Gasteiger partial charge in [0.15, 0.2) is 9.84 Å².